The van der Waals surface area contributed by atoms with Crippen molar-refractivity contribution >= 4 is 17.4 Å². The first kappa shape index (κ1) is 10.9. The Morgan fingerprint density at radius 1 is 1.47 bits per heavy atom. The number of thioether (sulfide) groups is 1. The van der Waals surface area contributed by atoms with Crippen LogP contribution in [0.3, 0.4) is 0 Å². The minimum Gasteiger partial charge on any atom is -0.504 e. The summed E-state index contributed by atoms with van der Waals surface area (Å²) < 4.78 is 1.90. The summed E-state index contributed by atoms with van der Waals surface area (Å²) >= 11 is 2.03. The van der Waals surface area contributed by atoms with Gasteiger partial charge in [-0.25, -0.2) is 0 Å². The number of nitrogens with zero attached hydrogens (tertiary/aromatic N) is 3. The highest BCUT2D eigenvalue weighted by Gasteiger charge is 2.17. The fourth-order valence-corrected chi connectivity index (χ4v) is 3.47. The lowest BCUT2D eigenvalue weighted by atomic mass is 10.0. The molecule has 0 aromatic carbocycles. The summed E-state index contributed by atoms with van der Waals surface area (Å²) in [6.45, 7) is 0. The monoisotopic (exact) mass is 249 g/mol. The molecule has 0 bridgehead atoms. The van der Waals surface area contributed by atoms with Crippen molar-refractivity contribution in [3.8, 4) is 5.75 Å². The van der Waals surface area contributed by atoms with Crippen LogP contribution in [0, 0.1) is 5.92 Å². The van der Waals surface area contributed by atoms with Gasteiger partial charge in [-0.3, -0.25) is 4.40 Å². The van der Waals surface area contributed by atoms with E-state index in [1.54, 1.807) is 6.07 Å². The third-order valence-corrected chi connectivity index (χ3v) is 4.50. The fraction of sp³-hybridized carbons (Fsp3) is 0.500. The first-order valence-electron chi connectivity index (χ1n) is 5.94. The molecule has 2 aromatic rings. The third-order valence-electron chi connectivity index (χ3n) is 3.21. The van der Waals surface area contributed by atoms with E-state index in [0.29, 0.717) is 11.6 Å². The molecule has 1 fully saturated rings. The van der Waals surface area contributed by atoms with E-state index in [2.05, 4.69) is 10.2 Å². The largest absolute Gasteiger partial charge is 0.504 e. The van der Waals surface area contributed by atoms with Crippen LogP contribution in [0.4, 0.5) is 0 Å². The van der Waals surface area contributed by atoms with E-state index in [9.17, 15) is 5.11 Å². The number of aromatic nitrogens is 3. The average Bonchev–Trinajstić information content (AvgIpc) is 2.76. The van der Waals surface area contributed by atoms with E-state index in [-0.39, 0.29) is 5.75 Å². The molecular weight excluding hydrogens is 234 g/mol. The molecule has 2 aromatic heterocycles. The minimum absolute atomic E-state index is 0.198. The molecule has 1 atom stereocenters. The highest BCUT2D eigenvalue weighted by atomic mass is 32.2. The molecule has 1 aliphatic rings. The zero-order valence-electron chi connectivity index (χ0n) is 9.54. The Bertz CT molecular complexity index is 519. The van der Waals surface area contributed by atoms with E-state index >= 15 is 0 Å². The van der Waals surface area contributed by atoms with Gasteiger partial charge in [0.15, 0.2) is 5.75 Å². The second-order valence-corrected chi connectivity index (χ2v) is 5.64. The molecule has 3 rings (SSSR count). The predicted octanol–water partition coefficient (Wildman–Crippen LogP) is 2.12. The van der Waals surface area contributed by atoms with Crippen LogP contribution in [0.5, 0.6) is 5.75 Å². The van der Waals surface area contributed by atoms with Gasteiger partial charge in [0, 0.05) is 12.6 Å². The van der Waals surface area contributed by atoms with Crippen LogP contribution in [0.15, 0.2) is 18.3 Å². The van der Waals surface area contributed by atoms with Crippen LogP contribution < -0.4 is 0 Å². The molecule has 5 heteroatoms. The van der Waals surface area contributed by atoms with Crippen LogP contribution in [-0.2, 0) is 6.42 Å². The molecule has 1 N–H and O–H groups in total. The molecule has 0 saturated carbocycles. The van der Waals surface area contributed by atoms with Crippen molar-refractivity contribution in [1.29, 1.82) is 0 Å². The Kier molecular flexibility index (Phi) is 2.93. The second kappa shape index (κ2) is 4.56. The van der Waals surface area contributed by atoms with Crippen LogP contribution in [-0.4, -0.2) is 31.2 Å². The van der Waals surface area contributed by atoms with E-state index in [1.165, 1.54) is 24.3 Å². The van der Waals surface area contributed by atoms with Crippen molar-refractivity contribution in [1.82, 2.24) is 14.6 Å². The smallest absolute Gasteiger partial charge is 0.203 e. The lowest BCUT2D eigenvalue weighted by Gasteiger charge is -2.20. The Morgan fingerprint density at radius 2 is 2.41 bits per heavy atom. The minimum atomic E-state index is 0.198. The first-order chi connectivity index (χ1) is 8.34. The molecule has 1 saturated heterocycles. The third kappa shape index (κ3) is 2.11. The van der Waals surface area contributed by atoms with Gasteiger partial charge in [0.05, 0.1) is 0 Å². The van der Waals surface area contributed by atoms with Gasteiger partial charge in [-0.2, -0.15) is 11.8 Å². The summed E-state index contributed by atoms with van der Waals surface area (Å²) in [5.74, 6) is 4.36. The summed E-state index contributed by atoms with van der Waals surface area (Å²) in [5, 5.41) is 17.9. The Labute approximate surface area is 104 Å². The lowest BCUT2D eigenvalue weighted by Crippen LogP contribution is -2.14. The second-order valence-electron chi connectivity index (χ2n) is 4.49. The molecule has 0 aliphatic carbocycles. The van der Waals surface area contributed by atoms with Crippen LogP contribution in [0.1, 0.15) is 18.7 Å². The van der Waals surface area contributed by atoms with Crippen LogP contribution >= 0.6 is 11.8 Å². The Morgan fingerprint density at radius 3 is 3.24 bits per heavy atom. The first-order valence-corrected chi connectivity index (χ1v) is 7.09. The lowest BCUT2D eigenvalue weighted by molar-refractivity contribution is 0.476. The number of aromatic hydroxyl groups is 1. The fourth-order valence-electron chi connectivity index (χ4n) is 2.32. The van der Waals surface area contributed by atoms with Gasteiger partial charge >= 0.3 is 0 Å². The summed E-state index contributed by atoms with van der Waals surface area (Å²) in [6.07, 6.45) is 5.45. The zero-order valence-corrected chi connectivity index (χ0v) is 10.4. The normalized spacial score (nSPS) is 20.8. The molecular formula is C12H15N3OS. The molecule has 1 unspecified atom stereocenters. The van der Waals surface area contributed by atoms with Gasteiger partial charge in [-0.1, -0.05) is 0 Å². The number of fused-ring (bicyclic) bond motifs is 1. The van der Waals surface area contributed by atoms with E-state index in [0.717, 1.165) is 12.2 Å². The number of pyridine rings is 1. The zero-order chi connectivity index (χ0) is 11.7. The maximum absolute atomic E-state index is 9.66. The summed E-state index contributed by atoms with van der Waals surface area (Å²) in [4.78, 5) is 0. The molecule has 4 nitrogen and oxygen atoms in total. The van der Waals surface area contributed by atoms with Crippen LogP contribution in [0.2, 0.25) is 0 Å². The van der Waals surface area contributed by atoms with E-state index in [4.69, 9.17) is 0 Å². The maximum Gasteiger partial charge on any atom is 0.203 e. The quantitative estimate of drug-likeness (QED) is 0.885. The highest BCUT2D eigenvalue weighted by molar-refractivity contribution is 7.99. The van der Waals surface area contributed by atoms with Crippen LogP contribution in [0.25, 0.3) is 5.65 Å². The molecule has 0 radical (unpaired) electrons. The van der Waals surface area contributed by atoms with E-state index in [1.807, 2.05) is 28.4 Å². The standard InChI is InChI=1S/C12H15N3OS/c16-10-4-1-5-15-11(13-14-12(10)15)7-9-3-2-6-17-8-9/h1,4-5,9,16H,2-3,6-8H2. The maximum atomic E-state index is 9.66. The van der Waals surface area contributed by atoms with E-state index < -0.39 is 0 Å². The molecule has 1 aliphatic heterocycles. The van der Waals surface area contributed by atoms with Gasteiger partial charge in [-0.15, -0.1) is 10.2 Å². The van der Waals surface area contributed by atoms with Gasteiger partial charge in [0.25, 0.3) is 0 Å². The average molecular weight is 249 g/mol. The molecule has 90 valence electrons. The highest BCUT2D eigenvalue weighted by Crippen LogP contribution is 2.26. The van der Waals surface area contributed by atoms with Crippen molar-refractivity contribution in [2.45, 2.75) is 19.3 Å². The van der Waals surface area contributed by atoms with Crippen molar-refractivity contribution in [3.05, 3.63) is 24.2 Å². The predicted molar refractivity (Wildman–Crippen MR) is 68.4 cm³/mol. The Balaban J connectivity index is 1.87. The summed E-state index contributed by atoms with van der Waals surface area (Å²) in [5.41, 5.74) is 0.561. The summed E-state index contributed by atoms with van der Waals surface area (Å²) in [7, 11) is 0. The van der Waals surface area contributed by atoms with Crippen molar-refractivity contribution < 1.29 is 5.11 Å². The molecule has 0 spiro atoms. The summed E-state index contributed by atoms with van der Waals surface area (Å²) in [6, 6.07) is 3.47. The van der Waals surface area contributed by atoms with Crippen molar-refractivity contribution in [2.24, 2.45) is 5.92 Å². The number of rotatable bonds is 2. The number of hydrogen-bond acceptors (Lipinski definition) is 4. The van der Waals surface area contributed by atoms with Crippen molar-refractivity contribution in [3.63, 3.8) is 0 Å². The van der Waals surface area contributed by atoms with Gasteiger partial charge in [-0.05, 0) is 42.4 Å². The number of hydrogen-bond donors (Lipinski definition) is 1. The molecule has 3 heterocycles. The van der Waals surface area contributed by atoms with Gasteiger partial charge in [0.1, 0.15) is 5.82 Å². The molecule has 17 heavy (non-hydrogen) atoms. The molecule has 0 amide bonds. The van der Waals surface area contributed by atoms with Gasteiger partial charge in [0.2, 0.25) is 5.65 Å². The SMILES string of the molecule is Oc1cccn2c(CC3CCCSC3)nnc12. The van der Waals surface area contributed by atoms with Crippen molar-refractivity contribution in [2.75, 3.05) is 11.5 Å². The topological polar surface area (TPSA) is 50.4 Å². The van der Waals surface area contributed by atoms with Gasteiger partial charge < -0.3 is 5.11 Å². The Hall–Kier alpha value is -1.23.